The van der Waals surface area contributed by atoms with E-state index in [2.05, 4.69) is 10.1 Å². The Bertz CT molecular complexity index is 385. The monoisotopic (exact) mass is 254 g/mol. The van der Waals surface area contributed by atoms with E-state index < -0.39 is 5.41 Å². The van der Waals surface area contributed by atoms with Crippen LogP contribution in [-0.4, -0.2) is 33.9 Å². The van der Waals surface area contributed by atoms with Crippen LogP contribution in [0.25, 0.3) is 0 Å². The molecule has 1 rings (SSSR count). The van der Waals surface area contributed by atoms with Crippen LogP contribution in [-0.2, 0) is 22.5 Å². The molecule has 0 spiro atoms. The summed E-state index contributed by atoms with van der Waals surface area (Å²) in [5.41, 5.74) is 5.10. The largest absolute Gasteiger partial charge is 0.466 e. The van der Waals surface area contributed by atoms with Crippen molar-refractivity contribution in [3.05, 3.63) is 12.2 Å². The average molecular weight is 254 g/mol. The summed E-state index contributed by atoms with van der Waals surface area (Å²) in [5.74, 6) is 0.526. The molecule has 0 amide bonds. The number of rotatable bonds is 7. The third kappa shape index (κ3) is 2.87. The van der Waals surface area contributed by atoms with Gasteiger partial charge in [-0.2, -0.15) is 5.10 Å². The highest BCUT2D eigenvalue weighted by Gasteiger charge is 2.38. The van der Waals surface area contributed by atoms with E-state index in [4.69, 9.17) is 10.5 Å². The molecule has 1 aromatic heterocycles. The van der Waals surface area contributed by atoms with Crippen molar-refractivity contribution in [1.29, 1.82) is 0 Å². The highest BCUT2D eigenvalue weighted by Crippen LogP contribution is 2.27. The second kappa shape index (κ2) is 6.49. The first kappa shape index (κ1) is 14.6. The number of aryl methyl sites for hydroxylation is 1. The van der Waals surface area contributed by atoms with E-state index in [0.29, 0.717) is 19.4 Å². The number of hydrogen-bond acceptors (Lipinski definition) is 5. The van der Waals surface area contributed by atoms with E-state index in [-0.39, 0.29) is 12.5 Å². The summed E-state index contributed by atoms with van der Waals surface area (Å²) in [4.78, 5) is 16.3. The lowest BCUT2D eigenvalue weighted by Crippen LogP contribution is -2.42. The van der Waals surface area contributed by atoms with Gasteiger partial charge in [-0.3, -0.25) is 9.48 Å². The lowest BCUT2D eigenvalue weighted by Gasteiger charge is -2.28. The summed E-state index contributed by atoms with van der Waals surface area (Å²) in [6, 6.07) is 0. The van der Waals surface area contributed by atoms with Crippen LogP contribution in [0.4, 0.5) is 0 Å². The van der Waals surface area contributed by atoms with E-state index >= 15 is 0 Å². The van der Waals surface area contributed by atoms with E-state index in [0.717, 1.165) is 12.4 Å². The van der Waals surface area contributed by atoms with Crippen molar-refractivity contribution in [3.8, 4) is 0 Å². The molecule has 102 valence electrons. The number of carbonyl (C=O) groups excluding carboxylic acids is 1. The van der Waals surface area contributed by atoms with Gasteiger partial charge in [-0.1, -0.05) is 6.92 Å². The van der Waals surface area contributed by atoms with Crippen molar-refractivity contribution in [1.82, 2.24) is 14.8 Å². The first-order valence-electron chi connectivity index (χ1n) is 6.37. The fraction of sp³-hybridized carbons (Fsp3) is 0.750. The first-order chi connectivity index (χ1) is 8.63. The Labute approximate surface area is 108 Å². The molecule has 0 fully saturated rings. The van der Waals surface area contributed by atoms with Crippen LogP contribution in [0.1, 0.15) is 33.0 Å². The van der Waals surface area contributed by atoms with E-state index in [9.17, 15) is 4.79 Å². The number of carbonyl (C=O) groups is 1. The van der Waals surface area contributed by atoms with Gasteiger partial charge in [0.25, 0.3) is 0 Å². The topological polar surface area (TPSA) is 83.0 Å². The van der Waals surface area contributed by atoms with Gasteiger partial charge in [-0.25, -0.2) is 4.98 Å². The van der Waals surface area contributed by atoms with Crippen molar-refractivity contribution in [3.63, 3.8) is 0 Å². The Hall–Kier alpha value is -1.43. The van der Waals surface area contributed by atoms with Crippen LogP contribution in [0, 0.1) is 5.41 Å². The molecule has 0 saturated carbocycles. The first-order valence-corrected chi connectivity index (χ1v) is 6.37. The lowest BCUT2D eigenvalue weighted by atomic mass is 9.81. The molecule has 6 heteroatoms. The molecule has 6 nitrogen and oxygen atoms in total. The van der Waals surface area contributed by atoms with Crippen molar-refractivity contribution < 1.29 is 9.53 Å². The summed E-state index contributed by atoms with van der Waals surface area (Å²) in [6.45, 7) is 7.06. The minimum atomic E-state index is -0.698. The molecule has 0 aliphatic rings. The van der Waals surface area contributed by atoms with Crippen LogP contribution >= 0.6 is 0 Å². The highest BCUT2D eigenvalue weighted by molar-refractivity contribution is 5.77. The Morgan fingerprint density at radius 1 is 1.50 bits per heavy atom. The maximum Gasteiger partial charge on any atom is 0.313 e. The Morgan fingerprint density at radius 3 is 2.72 bits per heavy atom. The van der Waals surface area contributed by atoms with Crippen LogP contribution in [0.2, 0.25) is 0 Å². The van der Waals surface area contributed by atoms with Gasteiger partial charge in [0.2, 0.25) is 0 Å². The molecule has 0 saturated heterocycles. The predicted octanol–water partition coefficient (Wildman–Crippen LogP) is 0.759. The fourth-order valence-corrected chi connectivity index (χ4v) is 1.92. The van der Waals surface area contributed by atoms with Gasteiger partial charge in [-0.15, -0.1) is 0 Å². The fourth-order valence-electron chi connectivity index (χ4n) is 1.92. The number of nitrogens with two attached hydrogens (primary N) is 1. The molecule has 18 heavy (non-hydrogen) atoms. The average Bonchev–Trinajstić information content (AvgIpc) is 2.83. The van der Waals surface area contributed by atoms with Gasteiger partial charge in [0, 0.05) is 19.5 Å². The van der Waals surface area contributed by atoms with Crippen molar-refractivity contribution in [2.75, 3.05) is 13.2 Å². The van der Waals surface area contributed by atoms with E-state index in [1.165, 1.54) is 6.33 Å². The smallest absolute Gasteiger partial charge is 0.313 e. The zero-order chi connectivity index (χ0) is 13.6. The SMILES string of the molecule is CCOC(=O)C(CC)(CN)Cc1ncnn1CC. The highest BCUT2D eigenvalue weighted by atomic mass is 16.5. The molecular weight excluding hydrogens is 232 g/mol. The summed E-state index contributed by atoms with van der Waals surface area (Å²) >= 11 is 0. The minimum Gasteiger partial charge on any atom is -0.466 e. The third-order valence-corrected chi connectivity index (χ3v) is 3.27. The quantitative estimate of drug-likeness (QED) is 0.726. The Balaban J connectivity index is 2.95. The number of nitrogens with zero attached hydrogens (tertiary/aromatic N) is 3. The molecule has 0 aromatic carbocycles. The third-order valence-electron chi connectivity index (χ3n) is 3.27. The van der Waals surface area contributed by atoms with Crippen molar-refractivity contribution >= 4 is 5.97 Å². The van der Waals surface area contributed by atoms with E-state index in [1.54, 1.807) is 11.6 Å². The van der Waals surface area contributed by atoms with Crippen LogP contribution in [0.15, 0.2) is 6.33 Å². The second-order valence-corrected chi connectivity index (χ2v) is 4.23. The molecule has 2 N–H and O–H groups in total. The molecule has 0 aliphatic carbocycles. The molecule has 1 unspecified atom stereocenters. The maximum atomic E-state index is 12.1. The van der Waals surface area contributed by atoms with Gasteiger partial charge in [-0.05, 0) is 20.3 Å². The molecule has 0 radical (unpaired) electrons. The lowest BCUT2D eigenvalue weighted by molar-refractivity contribution is -0.155. The second-order valence-electron chi connectivity index (χ2n) is 4.23. The minimum absolute atomic E-state index is 0.249. The Morgan fingerprint density at radius 2 is 2.22 bits per heavy atom. The van der Waals surface area contributed by atoms with Crippen LogP contribution in [0.3, 0.4) is 0 Å². The van der Waals surface area contributed by atoms with Crippen LogP contribution < -0.4 is 5.73 Å². The Kier molecular flexibility index (Phi) is 5.27. The summed E-state index contributed by atoms with van der Waals surface area (Å²) in [5, 5.41) is 4.11. The summed E-state index contributed by atoms with van der Waals surface area (Å²) in [6.07, 6.45) is 2.59. The molecule has 1 heterocycles. The molecule has 0 bridgehead atoms. The van der Waals surface area contributed by atoms with Crippen LogP contribution in [0.5, 0.6) is 0 Å². The molecule has 1 atom stereocenters. The number of esters is 1. The standard InChI is InChI=1S/C12H22N4O2/c1-4-12(8-13,11(17)18-6-3)7-10-14-9-15-16(10)5-2/h9H,4-8,13H2,1-3H3. The predicted molar refractivity (Wildman–Crippen MR) is 67.8 cm³/mol. The molecular formula is C12H22N4O2. The summed E-state index contributed by atoms with van der Waals surface area (Å²) < 4.78 is 6.91. The van der Waals surface area contributed by atoms with Crippen molar-refractivity contribution in [2.45, 2.75) is 40.2 Å². The van der Waals surface area contributed by atoms with Gasteiger partial charge < -0.3 is 10.5 Å². The molecule has 0 aliphatic heterocycles. The van der Waals surface area contributed by atoms with Gasteiger partial charge in [0.15, 0.2) is 0 Å². The van der Waals surface area contributed by atoms with Crippen molar-refractivity contribution in [2.24, 2.45) is 11.1 Å². The number of ether oxygens (including phenoxy) is 1. The normalized spacial score (nSPS) is 14.2. The van der Waals surface area contributed by atoms with Gasteiger partial charge in [0.1, 0.15) is 12.2 Å². The zero-order valence-corrected chi connectivity index (χ0v) is 11.3. The maximum absolute atomic E-state index is 12.1. The van der Waals surface area contributed by atoms with E-state index in [1.807, 2.05) is 13.8 Å². The van der Waals surface area contributed by atoms with Gasteiger partial charge in [0.05, 0.1) is 12.0 Å². The molecule has 1 aromatic rings. The summed E-state index contributed by atoms with van der Waals surface area (Å²) in [7, 11) is 0. The number of hydrogen-bond donors (Lipinski definition) is 1. The number of aromatic nitrogens is 3. The van der Waals surface area contributed by atoms with Gasteiger partial charge >= 0.3 is 5.97 Å². The zero-order valence-electron chi connectivity index (χ0n) is 11.3.